The van der Waals surface area contributed by atoms with E-state index in [2.05, 4.69) is 25.1 Å². The Morgan fingerprint density at radius 1 is 0.946 bits per heavy atom. The molecular weight excluding hydrogens is 516 g/mol. The molecule has 1 aliphatic rings. The third-order valence-electron chi connectivity index (χ3n) is 5.61. The first-order valence-electron chi connectivity index (χ1n) is 10.6. The van der Waals surface area contributed by atoms with Crippen LogP contribution in [0, 0.1) is 11.6 Å². The summed E-state index contributed by atoms with van der Waals surface area (Å²) in [5, 5.41) is 7.33. The van der Waals surface area contributed by atoms with E-state index in [1.165, 1.54) is 27.7 Å². The van der Waals surface area contributed by atoms with Crippen LogP contribution >= 0.6 is 0 Å². The zero-order valence-corrected chi connectivity index (χ0v) is 18.3. The van der Waals surface area contributed by atoms with Crippen molar-refractivity contribution in [2.75, 3.05) is 11.4 Å². The number of alkyl halides is 6. The van der Waals surface area contributed by atoms with Gasteiger partial charge in [-0.25, -0.2) is 18.7 Å². The average molecular weight is 530 g/mol. The number of hydrogen-bond donors (Lipinski definition) is 0. The summed E-state index contributed by atoms with van der Waals surface area (Å²) < 4.78 is 110. The van der Waals surface area contributed by atoms with E-state index in [0.717, 1.165) is 23.4 Å². The molecule has 16 heteroatoms. The van der Waals surface area contributed by atoms with Gasteiger partial charge in [-0.1, -0.05) is 0 Å². The van der Waals surface area contributed by atoms with Crippen LogP contribution in [0.2, 0.25) is 0 Å². The first-order chi connectivity index (χ1) is 17.4. The summed E-state index contributed by atoms with van der Waals surface area (Å²) >= 11 is 0. The lowest BCUT2D eigenvalue weighted by Crippen LogP contribution is -2.40. The summed E-state index contributed by atoms with van der Waals surface area (Å²) in [4.78, 5) is 13.3. The Labute approximate surface area is 202 Å². The summed E-state index contributed by atoms with van der Waals surface area (Å²) in [6, 6.07) is 1.10. The number of aromatic nitrogens is 7. The second kappa shape index (κ2) is 8.77. The first kappa shape index (κ1) is 24.6. The van der Waals surface area contributed by atoms with Gasteiger partial charge in [-0.15, -0.1) is 10.2 Å². The Balaban J connectivity index is 1.64. The van der Waals surface area contributed by atoms with E-state index < -0.39 is 49.4 Å². The van der Waals surface area contributed by atoms with Gasteiger partial charge in [-0.05, 0) is 12.1 Å². The van der Waals surface area contributed by atoms with Gasteiger partial charge in [0.05, 0.1) is 30.6 Å². The third kappa shape index (κ3) is 4.82. The number of imidazole rings is 1. The van der Waals surface area contributed by atoms with Crippen molar-refractivity contribution in [2.24, 2.45) is 0 Å². The monoisotopic (exact) mass is 530 g/mol. The standard InChI is InChI=1S/C21H14F8N8/c22-11-1-2-12(13(23)7-11)16-30-4-6-36(16)19-31-9-15-17(33-19)35(5-3-20(24,25)26)14(8-21(27,28)29)18-34-32-10-37(15)18/h1-2,4,6-7,9-10,14H,3,5,8H2/t14-/m1/s1. The maximum Gasteiger partial charge on any atom is 0.391 e. The number of anilines is 1. The minimum Gasteiger partial charge on any atom is -0.344 e. The predicted molar refractivity (Wildman–Crippen MR) is 111 cm³/mol. The topological polar surface area (TPSA) is 77.6 Å². The van der Waals surface area contributed by atoms with Gasteiger partial charge in [-0.2, -0.15) is 31.3 Å². The lowest BCUT2D eigenvalue weighted by molar-refractivity contribution is -0.141. The molecule has 3 aromatic heterocycles. The van der Waals surface area contributed by atoms with E-state index in [4.69, 9.17) is 0 Å². The first-order valence-corrected chi connectivity index (χ1v) is 10.6. The van der Waals surface area contributed by atoms with Crippen LogP contribution in [-0.4, -0.2) is 53.2 Å². The fraction of sp³-hybridized carbons (Fsp3) is 0.286. The molecule has 0 N–H and O–H groups in total. The number of nitrogens with zero attached hydrogens (tertiary/aromatic N) is 8. The predicted octanol–water partition coefficient (Wildman–Crippen LogP) is 4.95. The summed E-state index contributed by atoms with van der Waals surface area (Å²) in [5.74, 6) is -2.52. The van der Waals surface area contributed by atoms with E-state index in [1.54, 1.807) is 0 Å². The van der Waals surface area contributed by atoms with Crippen LogP contribution < -0.4 is 4.90 Å². The van der Waals surface area contributed by atoms with Crippen molar-refractivity contribution in [3.05, 3.63) is 60.6 Å². The molecule has 0 fully saturated rings. The second-order valence-electron chi connectivity index (χ2n) is 8.08. The van der Waals surface area contributed by atoms with Gasteiger partial charge in [-0.3, -0.25) is 9.13 Å². The smallest absolute Gasteiger partial charge is 0.344 e. The Morgan fingerprint density at radius 2 is 1.73 bits per heavy atom. The fourth-order valence-electron chi connectivity index (χ4n) is 4.06. The third-order valence-corrected chi connectivity index (χ3v) is 5.61. The largest absolute Gasteiger partial charge is 0.391 e. The highest BCUT2D eigenvalue weighted by molar-refractivity contribution is 5.63. The van der Waals surface area contributed by atoms with Crippen molar-refractivity contribution >= 4 is 5.82 Å². The molecule has 0 bridgehead atoms. The summed E-state index contributed by atoms with van der Waals surface area (Å²) in [5.41, 5.74) is -0.0725. The molecule has 1 aromatic carbocycles. The highest BCUT2D eigenvalue weighted by Gasteiger charge is 2.43. The van der Waals surface area contributed by atoms with Crippen LogP contribution in [0.1, 0.15) is 24.7 Å². The van der Waals surface area contributed by atoms with Gasteiger partial charge in [0.1, 0.15) is 29.5 Å². The summed E-state index contributed by atoms with van der Waals surface area (Å²) in [6.07, 6.45) is -7.49. The van der Waals surface area contributed by atoms with Crippen LogP contribution in [0.3, 0.4) is 0 Å². The molecule has 37 heavy (non-hydrogen) atoms. The Bertz CT molecular complexity index is 1440. The molecule has 1 atom stereocenters. The highest BCUT2D eigenvalue weighted by atomic mass is 19.4. The zero-order chi connectivity index (χ0) is 26.5. The molecule has 194 valence electrons. The number of hydrogen-bond acceptors (Lipinski definition) is 6. The molecule has 0 unspecified atom stereocenters. The number of rotatable bonds is 5. The van der Waals surface area contributed by atoms with Crippen LogP contribution in [0.25, 0.3) is 23.0 Å². The fourth-order valence-corrected chi connectivity index (χ4v) is 4.06. The van der Waals surface area contributed by atoms with E-state index in [9.17, 15) is 35.1 Å². The Hall–Kier alpha value is -4.11. The van der Waals surface area contributed by atoms with Gasteiger partial charge in [0, 0.05) is 25.0 Å². The summed E-state index contributed by atoms with van der Waals surface area (Å²) in [7, 11) is 0. The number of halogens is 8. The van der Waals surface area contributed by atoms with Crippen LogP contribution in [0.15, 0.2) is 43.1 Å². The lowest BCUT2D eigenvalue weighted by Gasteiger charge is -2.37. The second-order valence-corrected chi connectivity index (χ2v) is 8.08. The molecule has 4 aromatic rings. The Morgan fingerprint density at radius 3 is 2.43 bits per heavy atom. The van der Waals surface area contributed by atoms with E-state index in [1.807, 2.05) is 0 Å². The van der Waals surface area contributed by atoms with Crippen molar-refractivity contribution < 1.29 is 35.1 Å². The molecule has 1 aliphatic heterocycles. The molecule has 8 nitrogen and oxygen atoms in total. The average Bonchev–Trinajstić information content (AvgIpc) is 3.47. The summed E-state index contributed by atoms with van der Waals surface area (Å²) in [6.45, 7) is -0.857. The number of benzene rings is 1. The minimum atomic E-state index is -4.75. The van der Waals surface area contributed by atoms with Gasteiger partial charge in [0.25, 0.3) is 0 Å². The van der Waals surface area contributed by atoms with Crippen LogP contribution in [0.5, 0.6) is 0 Å². The minimum absolute atomic E-state index is 0.0546. The van der Waals surface area contributed by atoms with Gasteiger partial charge in [0.2, 0.25) is 5.95 Å². The quantitative estimate of drug-likeness (QED) is 0.340. The van der Waals surface area contributed by atoms with E-state index in [-0.39, 0.29) is 34.7 Å². The maximum atomic E-state index is 14.4. The maximum absolute atomic E-state index is 14.4. The SMILES string of the molecule is Fc1ccc(-c2nccn2-c2ncc3c(n2)N(CCC(F)(F)F)[C@H](CC(F)(F)F)c2nncn2-3)c(F)c1. The molecular formula is C21H14F8N8. The number of fused-ring (bicyclic) bond motifs is 3. The van der Waals surface area contributed by atoms with Gasteiger partial charge < -0.3 is 4.90 Å². The van der Waals surface area contributed by atoms with E-state index in [0.29, 0.717) is 6.07 Å². The molecule has 0 saturated carbocycles. The van der Waals surface area contributed by atoms with E-state index >= 15 is 0 Å². The van der Waals surface area contributed by atoms with Crippen molar-refractivity contribution in [3.8, 4) is 23.0 Å². The van der Waals surface area contributed by atoms with Crippen LogP contribution in [-0.2, 0) is 0 Å². The molecule has 0 aliphatic carbocycles. The van der Waals surface area contributed by atoms with Gasteiger partial charge >= 0.3 is 12.4 Å². The molecule has 0 radical (unpaired) electrons. The molecule has 5 rings (SSSR count). The van der Waals surface area contributed by atoms with Crippen molar-refractivity contribution in [2.45, 2.75) is 31.2 Å². The van der Waals surface area contributed by atoms with Crippen molar-refractivity contribution in [3.63, 3.8) is 0 Å². The van der Waals surface area contributed by atoms with Crippen molar-refractivity contribution in [1.82, 2.24) is 34.3 Å². The highest BCUT2D eigenvalue weighted by Crippen LogP contribution is 2.42. The zero-order valence-electron chi connectivity index (χ0n) is 18.3. The molecule has 0 spiro atoms. The van der Waals surface area contributed by atoms with Gasteiger partial charge in [0.15, 0.2) is 11.6 Å². The molecule has 4 heterocycles. The Kier molecular flexibility index (Phi) is 5.83. The lowest BCUT2D eigenvalue weighted by atomic mass is 10.1. The van der Waals surface area contributed by atoms with Crippen LogP contribution in [0.4, 0.5) is 40.9 Å². The van der Waals surface area contributed by atoms with Crippen molar-refractivity contribution in [1.29, 1.82) is 0 Å². The normalized spacial score (nSPS) is 15.6. The molecule has 0 saturated heterocycles. The molecule has 0 amide bonds.